The highest BCUT2D eigenvalue weighted by atomic mass is 15.2. The number of hydrogen-bond donors (Lipinski definition) is 1. The third-order valence-corrected chi connectivity index (χ3v) is 3.16. The van der Waals surface area contributed by atoms with Crippen LogP contribution in [0, 0.1) is 13.8 Å². The van der Waals surface area contributed by atoms with Gasteiger partial charge in [-0.15, -0.1) is 0 Å². The van der Waals surface area contributed by atoms with Gasteiger partial charge in [0.15, 0.2) is 0 Å². The zero-order chi connectivity index (χ0) is 13.8. The number of anilines is 1. The SMILES string of the molecule is Cc1cnc(C)c(N(C)Cc2ccccc2CN)n1. The molecule has 0 saturated carbocycles. The highest BCUT2D eigenvalue weighted by Gasteiger charge is 2.10. The fourth-order valence-electron chi connectivity index (χ4n) is 2.13. The minimum atomic E-state index is 0.558. The standard InChI is InChI=1S/C15H20N4/c1-11-9-17-12(2)15(18-11)19(3)10-14-7-5-4-6-13(14)8-16/h4-7,9H,8,10,16H2,1-3H3. The maximum atomic E-state index is 5.77. The van der Waals surface area contributed by atoms with Crippen LogP contribution in [-0.2, 0) is 13.1 Å². The van der Waals surface area contributed by atoms with E-state index in [9.17, 15) is 0 Å². The maximum absolute atomic E-state index is 5.77. The molecule has 0 atom stereocenters. The van der Waals surface area contributed by atoms with Gasteiger partial charge in [-0.25, -0.2) is 4.98 Å². The van der Waals surface area contributed by atoms with E-state index in [4.69, 9.17) is 5.73 Å². The van der Waals surface area contributed by atoms with E-state index in [1.165, 1.54) is 11.1 Å². The lowest BCUT2D eigenvalue weighted by Gasteiger charge is -2.21. The molecule has 0 fully saturated rings. The molecule has 0 bridgehead atoms. The number of nitrogens with zero attached hydrogens (tertiary/aromatic N) is 3. The second kappa shape index (κ2) is 5.80. The summed E-state index contributed by atoms with van der Waals surface area (Å²) >= 11 is 0. The molecule has 0 aliphatic carbocycles. The number of nitrogens with two attached hydrogens (primary N) is 1. The molecule has 0 aliphatic rings. The van der Waals surface area contributed by atoms with Gasteiger partial charge in [-0.2, -0.15) is 0 Å². The predicted molar refractivity (Wildman–Crippen MR) is 77.9 cm³/mol. The van der Waals surface area contributed by atoms with Crippen LogP contribution in [0.25, 0.3) is 0 Å². The van der Waals surface area contributed by atoms with Gasteiger partial charge < -0.3 is 10.6 Å². The Bertz CT molecular complexity index is 566. The van der Waals surface area contributed by atoms with Crippen LogP contribution in [0.1, 0.15) is 22.5 Å². The zero-order valence-corrected chi connectivity index (χ0v) is 11.7. The van der Waals surface area contributed by atoms with Gasteiger partial charge in [-0.1, -0.05) is 24.3 Å². The van der Waals surface area contributed by atoms with Gasteiger partial charge in [-0.05, 0) is 25.0 Å². The first-order valence-electron chi connectivity index (χ1n) is 6.40. The summed E-state index contributed by atoms with van der Waals surface area (Å²) in [5.74, 6) is 0.923. The largest absolute Gasteiger partial charge is 0.354 e. The quantitative estimate of drug-likeness (QED) is 0.911. The fraction of sp³-hybridized carbons (Fsp3) is 0.333. The molecule has 0 radical (unpaired) electrons. The van der Waals surface area contributed by atoms with Gasteiger partial charge in [0.25, 0.3) is 0 Å². The van der Waals surface area contributed by atoms with E-state index in [1.54, 1.807) is 6.20 Å². The first-order chi connectivity index (χ1) is 9.11. The molecular weight excluding hydrogens is 236 g/mol. The lowest BCUT2D eigenvalue weighted by molar-refractivity contribution is 0.854. The predicted octanol–water partition coefficient (Wildman–Crippen LogP) is 2.19. The summed E-state index contributed by atoms with van der Waals surface area (Å²) in [7, 11) is 2.03. The van der Waals surface area contributed by atoms with Gasteiger partial charge in [0.1, 0.15) is 5.82 Å². The van der Waals surface area contributed by atoms with E-state index in [2.05, 4.69) is 27.0 Å². The zero-order valence-electron chi connectivity index (χ0n) is 11.7. The van der Waals surface area contributed by atoms with Crippen molar-refractivity contribution < 1.29 is 0 Å². The van der Waals surface area contributed by atoms with Crippen molar-refractivity contribution in [3.63, 3.8) is 0 Å². The molecule has 4 heteroatoms. The van der Waals surface area contributed by atoms with Gasteiger partial charge in [0, 0.05) is 26.3 Å². The highest BCUT2D eigenvalue weighted by Crippen LogP contribution is 2.18. The van der Waals surface area contributed by atoms with Crippen LogP contribution >= 0.6 is 0 Å². The Balaban J connectivity index is 2.25. The van der Waals surface area contributed by atoms with Crippen molar-refractivity contribution in [2.75, 3.05) is 11.9 Å². The van der Waals surface area contributed by atoms with E-state index in [0.29, 0.717) is 6.54 Å². The van der Waals surface area contributed by atoms with Crippen molar-refractivity contribution in [1.29, 1.82) is 0 Å². The van der Waals surface area contributed by atoms with E-state index in [-0.39, 0.29) is 0 Å². The van der Waals surface area contributed by atoms with E-state index in [1.807, 2.05) is 33.0 Å². The first kappa shape index (κ1) is 13.5. The molecule has 4 nitrogen and oxygen atoms in total. The second-order valence-corrected chi connectivity index (χ2v) is 4.75. The molecule has 100 valence electrons. The number of rotatable bonds is 4. The summed E-state index contributed by atoms with van der Waals surface area (Å²) in [5, 5.41) is 0. The molecule has 2 rings (SSSR count). The average molecular weight is 256 g/mol. The maximum Gasteiger partial charge on any atom is 0.150 e. The van der Waals surface area contributed by atoms with Gasteiger partial charge in [0.05, 0.1) is 11.4 Å². The van der Waals surface area contributed by atoms with E-state index in [0.717, 1.165) is 23.8 Å². The molecule has 1 heterocycles. The van der Waals surface area contributed by atoms with E-state index >= 15 is 0 Å². The normalized spacial score (nSPS) is 10.5. The Kier molecular flexibility index (Phi) is 4.12. The monoisotopic (exact) mass is 256 g/mol. The molecule has 2 N–H and O–H groups in total. The van der Waals surface area contributed by atoms with Crippen LogP contribution in [0.5, 0.6) is 0 Å². The third-order valence-electron chi connectivity index (χ3n) is 3.16. The lowest BCUT2D eigenvalue weighted by atomic mass is 10.1. The number of hydrogen-bond acceptors (Lipinski definition) is 4. The van der Waals surface area contributed by atoms with Crippen molar-refractivity contribution in [3.05, 3.63) is 53.0 Å². The van der Waals surface area contributed by atoms with Crippen molar-refractivity contribution in [2.45, 2.75) is 26.9 Å². The number of aromatic nitrogens is 2. The Hall–Kier alpha value is -1.94. The molecule has 0 spiro atoms. The summed E-state index contributed by atoms with van der Waals surface area (Å²) in [6, 6.07) is 8.23. The summed E-state index contributed by atoms with van der Waals surface area (Å²) in [6.45, 7) is 5.28. The minimum Gasteiger partial charge on any atom is -0.354 e. The molecular formula is C15H20N4. The molecule has 2 aromatic rings. The molecule has 19 heavy (non-hydrogen) atoms. The molecule has 0 amide bonds. The summed E-state index contributed by atoms with van der Waals surface area (Å²) < 4.78 is 0. The fourth-order valence-corrected chi connectivity index (χ4v) is 2.13. The van der Waals surface area contributed by atoms with Crippen molar-refractivity contribution in [1.82, 2.24) is 9.97 Å². The second-order valence-electron chi connectivity index (χ2n) is 4.75. The topological polar surface area (TPSA) is 55.0 Å². The average Bonchev–Trinajstić information content (AvgIpc) is 2.42. The smallest absolute Gasteiger partial charge is 0.150 e. The van der Waals surface area contributed by atoms with Crippen molar-refractivity contribution in [3.8, 4) is 0 Å². The van der Waals surface area contributed by atoms with E-state index < -0.39 is 0 Å². The van der Waals surface area contributed by atoms with Crippen LogP contribution in [0.4, 0.5) is 5.82 Å². The first-order valence-corrected chi connectivity index (χ1v) is 6.40. The van der Waals surface area contributed by atoms with Crippen LogP contribution in [0.15, 0.2) is 30.5 Å². The van der Waals surface area contributed by atoms with Crippen LogP contribution in [-0.4, -0.2) is 17.0 Å². The molecule has 1 aromatic carbocycles. The van der Waals surface area contributed by atoms with Crippen molar-refractivity contribution in [2.24, 2.45) is 5.73 Å². The minimum absolute atomic E-state index is 0.558. The summed E-state index contributed by atoms with van der Waals surface area (Å²) in [4.78, 5) is 11.0. The Morgan fingerprint density at radius 2 is 1.84 bits per heavy atom. The number of benzene rings is 1. The molecule has 0 saturated heterocycles. The highest BCUT2D eigenvalue weighted by molar-refractivity contribution is 5.44. The summed E-state index contributed by atoms with van der Waals surface area (Å²) in [5.41, 5.74) is 10.1. The third kappa shape index (κ3) is 3.09. The van der Waals surface area contributed by atoms with Crippen LogP contribution in [0.3, 0.4) is 0 Å². The Labute approximate surface area is 114 Å². The van der Waals surface area contributed by atoms with Crippen molar-refractivity contribution >= 4 is 5.82 Å². The molecule has 0 unspecified atom stereocenters. The summed E-state index contributed by atoms with van der Waals surface area (Å²) in [6.07, 6.45) is 1.79. The van der Waals surface area contributed by atoms with Gasteiger partial charge >= 0.3 is 0 Å². The van der Waals surface area contributed by atoms with Gasteiger partial charge in [-0.3, -0.25) is 4.98 Å². The van der Waals surface area contributed by atoms with Crippen LogP contribution in [0.2, 0.25) is 0 Å². The van der Waals surface area contributed by atoms with Gasteiger partial charge in [0.2, 0.25) is 0 Å². The molecule has 1 aromatic heterocycles. The number of aryl methyl sites for hydroxylation is 2. The Morgan fingerprint density at radius 1 is 1.16 bits per heavy atom. The van der Waals surface area contributed by atoms with Crippen LogP contribution < -0.4 is 10.6 Å². The Morgan fingerprint density at radius 3 is 2.53 bits per heavy atom. The lowest BCUT2D eigenvalue weighted by Crippen LogP contribution is -2.21. The molecule has 0 aliphatic heterocycles.